The maximum atomic E-state index is 11.1. The van der Waals surface area contributed by atoms with Crippen molar-refractivity contribution in [2.75, 3.05) is 0 Å². The largest absolute Gasteiger partial charge is 0.523 e. The highest BCUT2D eigenvalue weighted by molar-refractivity contribution is 9.06. The van der Waals surface area contributed by atoms with Crippen molar-refractivity contribution in [2.24, 2.45) is 0 Å². The van der Waals surface area contributed by atoms with E-state index in [1.54, 1.807) is 16.3 Å². The standard InChI is InChI=1S/CBrF3O3S/c2-8-9(6,7)1(3,4)5. The molecule has 0 radical (unpaired) electrons. The van der Waals surface area contributed by atoms with Gasteiger partial charge in [-0.15, -0.1) is 0 Å². The lowest BCUT2D eigenvalue weighted by atomic mass is 11.6. The second kappa shape index (κ2) is 2.43. The zero-order valence-corrected chi connectivity index (χ0v) is 6.05. The predicted molar refractivity (Wildman–Crippen MR) is 25.0 cm³/mol. The van der Waals surface area contributed by atoms with Crippen LogP contribution in [0.15, 0.2) is 0 Å². The van der Waals surface area contributed by atoms with Crippen molar-refractivity contribution >= 4 is 26.4 Å². The molecule has 0 atom stereocenters. The molecule has 0 aromatic rings. The molecule has 3 nitrogen and oxygen atoms in total. The van der Waals surface area contributed by atoms with Crippen molar-refractivity contribution in [1.82, 2.24) is 0 Å². The first kappa shape index (κ1) is 9.18. The Balaban J connectivity index is 4.57. The van der Waals surface area contributed by atoms with Crippen molar-refractivity contribution in [1.29, 1.82) is 0 Å². The number of hydrogen-bond acceptors (Lipinski definition) is 3. The Bertz CT molecular complexity index is 180. The lowest BCUT2D eigenvalue weighted by Gasteiger charge is -2.01. The third-order valence-corrected chi connectivity index (χ3v) is 2.14. The van der Waals surface area contributed by atoms with Crippen LogP contribution in [0.1, 0.15) is 0 Å². The molecule has 9 heavy (non-hydrogen) atoms. The molecule has 0 amide bonds. The van der Waals surface area contributed by atoms with E-state index < -0.39 is 15.6 Å². The molecule has 0 heterocycles. The molecular weight excluding hydrogens is 229 g/mol. The van der Waals surface area contributed by atoms with Crippen LogP contribution in [-0.2, 0) is 13.4 Å². The van der Waals surface area contributed by atoms with Crippen LogP contribution < -0.4 is 0 Å². The van der Waals surface area contributed by atoms with Gasteiger partial charge in [-0.1, -0.05) is 0 Å². The van der Waals surface area contributed by atoms with Gasteiger partial charge in [0.15, 0.2) is 0 Å². The molecular formula is CBrF3O3S. The normalized spacial score (nSPS) is 13.8. The molecule has 0 aliphatic carbocycles. The third-order valence-electron chi connectivity index (χ3n) is 0.366. The summed E-state index contributed by atoms with van der Waals surface area (Å²) in [5.41, 5.74) is -5.35. The predicted octanol–water partition coefficient (Wildman–Crippen LogP) is 1.16. The molecule has 0 fully saturated rings. The minimum atomic E-state index is -5.42. The zero-order chi connectivity index (χ0) is 7.71. The summed E-state index contributed by atoms with van der Waals surface area (Å²) in [6.45, 7) is 0. The fourth-order valence-electron chi connectivity index (χ4n) is 0.0357. The zero-order valence-electron chi connectivity index (χ0n) is 3.64. The van der Waals surface area contributed by atoms with E-state index in [0.29, 0.717) is 0 Å². The lowest BCUT2D eigenvalue weighted by molar-refractivity contribution is -0.0491. The van der Waals surface area contributed by atoms with E-state index in [4.69, 9.17) is 0 Å². The summed E-state index contributed by atoms with van der Waals surface area (Å²) in [6.07, 6.45) is 0. The van der Waals surface area contributed by atoms with Gasteiger partial charge < -0.3 is 0 Å². The quantitative estimate of drug-likeness (QED) is 0.633. The van der Waals surface area contributed by atoms with Crippen LogP contribution in [-0.4, -0.2) is 13.9 Å². The van der Waals surface area contributed by atoms with Gasteiger partial charge in [0.1, 0.15) is 16.3 Å². The number of alkyl halides is 3. The molecule has 0 saturated heterocycles. The summed E-state index contributed by atoms with van der Waals surface area (Å²) >= 11 is 1.70. The lowest BCUT2D eigenvalue weighted by Crippen LogP contribution is -2.22. The van der Waals surface area contributed by atoms with Gasteiger partial charge in [0, 0.05) is 0 Å². The molecule has 0 N–H and O–H groups in total. The van der Waals surface area contributed by atoms with E-state index in [1.807, 2.05) is 0 Å². The van der Waals surface area contributed by atoms with E-state index in [9.17, 15) is 21.6 Å². The maximum Gasteiger partial charge on any atom is 0.523 e. The van der Waals surface area contributed by atoms with E-state index in [0.717, 1.165) is 0 Å². The molecule has 0 rings (SSSR count). The average Bonchev–Trinajstić information content (AvgIpc) is 1.64. The SMILES string of the molecule is O=S(=O)(OBr)C(F)(F)F. The van der Waals surface area contributed by atoms with Crippen LogP contribution >= 0.6 is 16.3 Å². The van der Waals surface area contributed by atoms with Crippen molar-refractivity contribution in [3.05, 3.63) is 0 Å². The Labute approximate surface area is 57.4 Å². The van der Waals surface area contributed by atoms with Crippen LogP contribution in [0.4, 0.5) is 13.2 Å². The first-order chi connectivity index (χ1) is 3.81. The van der Waals surface area contributed by atoms with Gasteiger partial charge in [0.05, 0.1) is 0 Å². The van der Waals surface area contributed by atoms with Crippen LogP contribution in [0.3, 0.4) is 0 Å². The first-order valence-corrected chi connectivity index (χ1v) is 3.48. The molecule has 0 aromatic carbocycles. The van der Waals surface area contributed by atoms with E-state index in [-0.39, 0.29) is 0 Å². The van der Waals surface area contributed by atoms with Crippen LogP contribution in [0.2, 0.25) is 0 Å². The molecule has 56 valence electrons. The summed E-state index contributed by atoms with van der Waals surface area (Å²) in [7, 11) is -5.42. The second-order valence-electron chi connectivity index (χ2n) is 0.963. The van der Waals surface area contributed by atoms with Gasteiger partial charge in [-0.3, -0.25) is 0 Å². The third kappa shape index (κ3) is 2.11. The summed E-state index contributed by atoms with van der Waals surface area (Å²) in [6, 6.07) is 0. The van der Waals surface area contributed by atoms with Gasteiger partial charge in [-0.05, 0) is 0 Å². The summed E-state index contributed by atoms with van der Waals surface area (Å²) in [4.78, 5) is 0. The van der Waals surface area contributed by atoms with Gasteiger partial charge in [0.2, 0.25) is 0 Å². The highest BCUT2D eigenvalue weighted by Gasteiger charge is 2.47. The smallest absolute Gasteiger partial charge is 0.189 e. The maximum absolute atomic E-state index is 11.1. The number of rotatable bonds is 1. The van der Waals surface area contributed by atoms with E-state index in [1.165, 1.54) is 0 Å². The van der Waals surface area contributed by atoms with Gasteiger partial charge in [-0.25, -0.2) is 0 Å². The van der Waals surface area contributed by atoms with Crippen molar-refractivity contribution < 1.29 is 24.9 Å². The molecule has 0 saturated carbocycles. The minimum Gasteiger partial charge on any atom is -0.189 e. The Morgan fingerprint density at radius 2 is 1.67 bits per heavy atom. The van der Waals surface area contributed by atoms with Crippen molar-refractivity contribution in [2.45, 2.75) is 5.51 Å². The summed E-state index contributed by atoms with van der Waals surface area (Å²) in [5.74, 6) is 0. The Morgan fingerprint density at radius 1 is 1.33 bits per heavy atom. The Hall–Kier alpha value is 0.180. The molecule has 8 heteroatoms. The van der Waals surface area contributed by atoms with Gasteiger partial charge in [0.25, 0.3) is 0 Å². The van der Waals surface area contributed by atoms with Gasteiger partial charge in [-0.2, -0.15) is 24.9 Å². The molecule has 0 spiro atoms. The van der Waals surface area contributed by atoms with Crippen LogP contribution in [0.5, 0.6) is 0 Å². The first-order valence-electron chi connectivity index (χ1n) is 1.43. The fraction of sp³-hybridized carbons (Fsp3) is 1.00. The van der Waals surface area contributed by atoms with Crippen molar-refractivity contribution in [3.63, 3.8) is 0 Å². The molecule has 0 aromatic heterocycles. The average molecular weight is 229 g/mol. The van der Waals surface area contributed by atoms with Crippen LogP contribution in [0.25, 0.3) is 0 Å². The summed E-state index contributed by atoms with van der Waals surface area (Å²) < 4.78 is 55.5. The highest BCUT2D eigenvalue weighted by atomic mass is 79.9. The molecule has 0 aliphatic heterocycles. The van der Waals surface area contributed by atoms with Gasteiger partial charge >= 0.3 is 15.6 Å². The topological polar surface area (TPSA) is 43.4 Å². The van der Waals surface area contributed by atoms with Crippen molar-refractivity contribution in [3.8, 4) is 0 Å². The highest BCUT2D eigenvalue weighted by Crippen LogP contribution is 2.25. The minimum absolute atomic E-state index is 1.70. The molecule has 0 unspecified atom stereocenters. The monoisotopic (exact) mass is 228 g/mol. The molecule has 0 aliphatic rings. The summed E-state index contributed by atoms with van der Waals surface area (Å²) in [5, 5.41) is 0. The molecule has 0 bridgehead atoms. The number of hydrogen-bond donors (Lipinski definition) is 0. The second-order valence-corrected chi connectivity index (χ2v) is 3.25. The van der Waals surface area contributed by atoms with Crippen LogP contribution in [0, 0.1) is 0 Å². The fourth-order valence-corrected chi connectivity index (χ4v) is 0.557. The Morgan fingerprint density at radius 3 is 1.67 bits per heavy atom. The van der Waals surface area contributed by atoms with E-state index >= 15 is 0 Å². The van der Waals surface area contributed by atoms with E-state index in [2.05, 4.69) is 3.27 Å². The Kier molecular flexibility index (Phi) is 2.48. The number of halogens is 4.